The molecule has 1 amide bonds. The van der Waals surface area contributed by atoms with E-state index in [9.17, 15) is 9.00 Å². The van der Waals surface area contributed by atoms with Crippen molar-refractivity contribution in [2.24, 2.45) is 7.05 Å². The lowest BCUT2D eigenvalue weighted by Crippen LogP contribution is -2.31. The number of amides is 1. The standard InChI is InChI=1S/C25H30N6O.C9H15NOS/c1-6-19-11-17(2)12-22(24(32)29(3)4)21(19)8-7-18-13-26-25(27-14-18)31-10-9-23-20(16-31)15-30(5)28-23;1-4-5-6-7-9(8-10-2)12(3)11/h7-8,11-15H,6,9-10,16H2,1-5H3;4-8,10H,1-3H3/b8-7+;5-4-,7-6-,9-8-. The molecule has 0 saturated carbocycles. The summed E-state index contributed by atoms with van der Waals surface area (Å²) < 4.78 is 12.9. The maximum atomic E-state index is 12.8. The number of hydrogen-bond acceptors (Lipinski definition) is 7. The molecule has 4 rings (SSSR count). The minimum absolute atomic E-state index is 0.00881. The maximum absolute atomic E-state index is 12.8. The van der Waals surface area contributed by atoms with Gasteiger partial charge in [-0.15, -0.1) is 0 Å². The van der Waals surface area contributed by atoms with Gasteiger partial charge in [0.25, 0.3) is 5.91 Å². The second-order valence-electron chi connectivity index (χ2n) is 10.7. The maximum Gasteiger partial charge on any atom is 0.253 e. The van der Waals surface area contributed by atoms with E-state index in [2.05, 4.69) is 44.5 Å². The Morgan fingerprint density at radius 3 is 2.50 bits per heavy atom. The van der Waals surface area contributed by atoms with Crippen molar-refractivity contribution in [3.8, 4) is 0 Å². The van der Waals surface area contributed by atoms with Crippen LogP contribution >= 0.6 is 0 Å². The molecule has 234 valence electrons. The first-order chi connectivity index (χ1) is 21.1. The Balaban J connectivity index is 0.000000375. The molecule has 1 aliphatic rings. The van der Waals surface area contributed by atoms with Gasteiger partial charge in [0.05, 0.1) is 21.4 Å². The smallest absolute Gasteiger partial charge is 0.253 e. The summed E-state index contributed by atoms with van der Waals surface area (Å²) in [6.45, 7) is 7.71. The quantitative estimate of drug-likeness (QED) is 0.336. The molecule has 0 bridgehead atoms. The fourth-order valence-corrected chi connectivity index (χ4v) is 5.35. The van der Waals surface area contributed by atoms with E-state index in [0.717, 1.165) is 70.3 Å². The summed E-state index contributed by atoms with van der Waals surface area (Å²) in [5, 5.41) is 7.35. The van der Waals surface area contributed by atoms with Crippen molar-refractivity contribution in [2.45, 2.75) is 40.2 Å². The number of nitrogens with one attached hydrogen (secondary N) is 1. The van der Waals surface area contributed by atoms with Gasteiger partial charge in [-0.3, -0.25) is 13.7 Å². The number of anilines is 1. The molecular formula is C34H45N7O2S. The van der Waals surface area contributed by atoms with Crippen molar-refractivity contribution in [1.29, 1.82) is 0 Å². The summed E-state index contributed by atoms with van der Waals surface area (Å²) >= 11 is 0. The second kappa shape index (κ2) is 16.5. The fraction of sp³-hybridized carbons (Fsp3) is 0.353. The number of allylic oxidation sites excluding steroid dienone is 4. The highest BCUT2D eigenvalue weighted by Gasteiger charge is 2.21. The van der Waals surface area contributed by atoms with E-state index in [1.165, 1.54) is 5.56 Å². The monoisotopic (exact) mass is 615 g/mol. The van der Waals surface area contributed by atoms with Crippen LogP contribution in [-0.2, 0) is 37.2 Å². The van der Waals surface area contributed by atoms with E-state index in [-0.39, 0.29) is 5.91 Å². The molecule has 0 spiro atoms. The van der Waals surface area contributed by atoms with Crippen LogP contribution in [0, 0.1) is 6.92 Å². The lowest BCUT2D eigenvalue weighted by molar-refractivity contribution is 0.0827. The van der Waals surface area contributed by atoms with Crippen molar-refractivity contribution >= 4 is 34.8 Å². The van der Waals surface area contributed by atoms with Gasteiger partial charge < -0.3 is 15.1 Å². The molecular weight excluding hydrogens is 570 g/mol. The molecule has 0 saturated heterocycles. The molecule has 0 aliphatic carbocycles. The molecule has 1 atom stereocenters. The Bertz CT molecular complexity index is 1570. The Labute approximate surface area is 264 Å². The van der Waals surface area contributed by atoms with Crippen molar-refractivity contribution < 1.29 is 9.00 Å². The minimum Gasteiger partial charge on any atom is -0.393 e. The number of carbonyl (C=O) groups is 1. The number of hydrogen-bond donors (Lipinski definition) is 1. The molecule has 1 N–H and O–H groups in total. The van der Waals surface area contributed by atoms with Gasteiger partial charge in [0.15, 0.2) is 0 Å². The van der Waals surface area contributed by atoms with Crippen LogP contribution in [0.3, 0.4) is 0 Å². The highest BCUT2D eigenvalue weighted by atomic mass is 32.2. The molecule has 0 radical (unpaired) electrons. The van der Waals surface area contributed by atoms with Crippen molar-refractivity contribution in [3.05, 3.63) is 105 Å². The number of nitrogens with zero attached hydrogens (tertiary/aromatic N) is 6. The summed E-state index contributed by atoms with van der Waals surface area (Å²) in [5.41, 5.74) is 7.23. The van der Waals surface area contributed by atoms with E-state index in [0.29, 0.717) is 0 Å². The Morgan fingerprint density at radius 1 is 1.16 bits per heavy atom. The zero-order valence-electron chi connectivity index (χ0n) is 27.2. The average Bonchev–Trinajstić information content (AvgIpc) is 3.39. The van der Waals surface area contributed by atoms with Crippen LogP contribution in [0.25, 0.3) is 12.2 Å². The van der Waals surface area contributed by atoms with Crippen LogP contribution in [0.2, 0.25) is 0 Å². The van der Waals surface area contributed by atoms with Crippen LogP contribution in [0.15, 0.2) is 66.1 Å². The van der Waals surface area contributed by atoms with E-state index >= 15 is 0 Å². The van der Waals surface area contributed by atoms with Crippen LogP contribution in [0.4, 0.5) is 5.95 Å². The SMILES string of the molecule is CCc1cc(C)cc(C(=O)N(C)C)c1/C=C/c1cnc(N2CCc3nn(C)cc3C2)nc1.C\C=C/C=C\C(=C\NC)S(C)=O. The number of rotatable bonds is 9. The van der Waals surface area contributed by atoms with Gasteiger partial charge in [-0.1, -0.05) is 48.9 Å². The zero-order chi connectivity index (χ0) is 32.2. The molecule has 2 aromatic heterocycles. The summed E-state index contributed by atoms with van der Waals surface area (Å²) in [6, 6.07) is 4.11. The van der Waals surface area contributed by atoms with Crippen molar-refractivity contribution in [1.82, 2.24) is 30.0 Å². The Kier molecular flexibility index (Phi) is 12.8. The summed E-state index contributed by atoms with van der Waals surface area (Å²) in [5.74, 6) is 0.735. The first-order valence-electron chi connectivity index (χ1n) is 14.7. The first kappa shape index (κ1) is 34.2. The topological polar surface area (TPSA) is 96.2 Å². The van der Waals surface area contributed by atoms with E-state index in [1.54, 1.807) is 38.5 Å². The van der Waals surface area contributed by atoms with Gasteiger partial charge in [0.1, 0.15) is 0 Å². The van der Waals surface area contributed by atoms with Crippen LogP contribution < -0.4 is 10.2 Å². The van der Waals surface area contributed by atoms with Gasteiger partial charge in [0, 0.05) is 95.4 Å². The van der Waals surface area contributed by atoms with Crippen LogP contribution in [0.5, 0.6) is 0 Å². The molecule has 44 heavy (non-hydrogen) atoms. The lowest BCUT2D eigenvalue weighted by atomic mass is 9.95. The number of aryl methyl sites for hydroxylation is 3. The predicted molar refractivity (Wildman–Crippen MR) is 183 cm³/mol. The first-order valence-corrected chi connectivity index (χ1v) is 16.3. The fourth-order valence-electron chi connectivity index (χ4n) is 4.79. The molecule has 3 aromatic rings. The van der Waals surface area contributed by atoms with Crippen molar-refractivity contribution in [2.75, 3.05) is 38.8 Å². The molecule has 1 aliphatic heterocycles. The third-order valence-corrected chi connectivity index (χ3v) is 7.88. The summed E-state index contributed by atoms with van der Waals surface area (Å²) in [4.78, 5) is 26.5. The predicted octanol–water partition coefficient (Wildman–Crippen LogP) is 5.07. The van der Waals surface area contributed by atoms with Gasteiger partial charge >= 0.3 is 0 Å². The lowest BCUT2D eigenvalue weighted by Gasteiger charge is -2.26. The number of fused-ring (bicyclic) bond motifs is 1. The second-order valence-corrected chi connectivity index (χ2v) is 12.1. The van der Waals surface area contributed by atoms with Gasteiger partial charge in [-0.25, -0.2) is 9.97 Å². The molecule has 10 heteroatoms. The third kappa shape index (κ3) is 9.34. The summed E-state index contributed by atoms with van der Waals surface area (Å²) in [6.07, 6.45) is 22.4. The van der Waals surface area contributed by atoms with Gasteiger partial charge in [-0.05, 0) is 43.5 Å². The highest BCUT2D eigenvalue weighted by Crippen LogP contribution is 2.24. The Morgan fingerprint density at radius 2 is 1.89 bits per heavy atom. The largest absolute Gasteiger partial charge is 0.393 e. The van der Waals surface area contributed by atoms with E-state index in [1.807, 2.05) is 80.5 Å². The van der Waals surface area contributed by atoms with Gasteiger partial charge in [0.2, 0.25) is 5.95 Å². The zero-order valence-corrected chi connectivity index (χ0v) is 28.0. The Hall–Kier alpha value is -4.31. The van der Waals surface area contributed by atoms with Crippen LogP contribution in [-0.4, -0.2) is 68.7 Å². The molecule has 9 nitrogen and oxygen atoms in total. The van der Waals surface area contributed by atoms with Crippen LogP contribution in [0.1, 0.15) is 57.7 Å². The van der Waals surface area contributed by atoms with E-state index < -0.39 is 10.8 Å². The van der Waals surface area contributed by atoms with E-state index in [4.69, 9.17) is 0 Å². The number of aromatic nitrogens is 4. The number of carbonyl (C=O) groups excluding carboxylic acids is 1. The molecule has 1 unspecified atom stereocenters. The average molecular weight is 616 g/mol. The van der Waals surface area contributed by atoms with Gasteiger partial charge in [-0.2, -0.15) is 5.10 Å². The molecule has 3 heterocycles. The normalized spacial score (nSPS) is 14.1. The molecule has 1 aromatic carbocycles. The highest BCUT2D eigenvalue weighted by molar-refractivity contribution is 7.88. The summed E-state index contributed by atoms with van der Waals surface area (Å²) in [7, 11) is 6.38. The molecule has 0 fully saturated rings. The number of benzene rings is 1. The minimum atomic E-state index is -0.929. The third-order valence-electron chi connectivity index (χ3n) is 6.97. The van der Waals surface area contributed by atoms with Crippen molar-refractivity contribution in [3.63, 3.8) is 0 Å².